The number of aromatic nitrogens is 3. The Morgan fingerprint density at radius 1 is 1.07 bits per heavy atom. The predicted octanol–water partition coefficient (Wildman–Crippen LogP) is 6.89. The molecule has 2 bridgehead atoms. The summed E-state index contributed by atoms with van der Waals surface area (Å²) in [4.78, 5) is 25.0. The quantitative estimate of drug-likeness (QED) is 0.309. The summed E-state index contributed by atoms with van der Waals surface area (Å²) >= 11 is 0. The molecule has 5 aliphatic carbocycles. The Balaban J connectivity index is 1.16. The van der Waals surface area contributed by atoms with Crippen LogP contribution < -0.4 is 4.90 Å². The highest BCUT2D eigenvalue weighted by molar-refractivity contribution is 5.96. The fourth-order valence-electron chi connectivity index (χ4n) is 7.29. The lowest BCUT2D eigenvalue weighted by Gasteiger charge is -2.53. The number of alkyl halides is 2. The lowest BCUT2D eigenvalue weighted by Crippen LogP contribution is -2.51. The second kappa shape index (κ2) is 9.69. The molecule has 0 aliphatic heterocycles. The Kier molecular flexibility index (Phi) is 6.39. The minimum absolute atomic E-state index is 0.104. The molecule has 0 radical (unpaired) electrons. The molecule has 8 nitrogen and oxygen atoms in total. The van der Waals surface area contributed by atoms with Crippen LogP contribution in [-0.2, 0) is 15.8 Å². The first-order chi connectivity index (χ1) is 19.9. The summed E-state index contributed by atoms with van der Waals surface area (Å²) in [5.41, 5.74) is 0.341. The third-order valence-corrected chi connectivity index (χ3v) is 10.3. The van der Waals surface area contributed by atoms with Crippen LogP contribution in [-0.4, -0.2) is 38.6 Å². The number of aliphatic hydroxyl groups is 1. The lowest BCUT2D eigenvalue weighted by molar-refractivity contribution is -0.124. The number of halogens is 2. The number of carbonyl (C=O) groups excluding carboxylic acids is 1. The van der Waals surface area contributed by atoms with Crippen molar-refractivity contribution in [3.63, 3.8) is 0 Å². The average molecular weight is 581 g/mol. The van der Waals surface area contributed by atoms with Gasteiger partial charge in [0.25, 0.3) is 0 Å². The van der Waals surface area contributed by atoms with Gasteiger partial charge < -0.3 is 18.9 Å². The van der Waals surface area contributed by atoms with Crippen molar-refractivity contribution in [2.24, 2.45) is 11.3 Å². The van der Waals surface area contributed by atoms with Crippen molar-refractivity contribution in [2.45, 2.75) is 107 Å². The van der Waals surface area contributed by atoms with Crippen molar-refractivity contribution < 1.29 is 27.6 Å². The molecule has 10 heteroatoms. The number of amides is 1. The van der Waals surface area contributed by atoms with Crippen molar-refractivity contribution in [1.29, 1.82) is 0 Å². The molecule has 3 aromatic rings. The van der Waals surface area contributed by atoms with Gasteiger partial charge in [0.05, 0.1) is 0 Å². The molecule has 0 spiro atoms. The van der Waals surface area contributed by atoms with Gasteiger partial charge in [-0.15, -0.1) is 0 Å². The summed E-state index contributed by atoms with van der Waals surface area (Å²) in [6, 6.07) is 7.37. The summed E-state index contributed by atoms with van der Waals surface area (Å²) in [5.74, 6) is -1.38. The van der Waals surface area contributed by atoms with E-state index in [1.54, 1.807) is 18.7 Å². The number of benzene rings is 1. The Hall–Kier alpha value is -3.14. The molecule has 2 heterocycles. The van der Waals surface area contributed by atoms with Gasteiger partial charge in [0.15, 0.2) is 5.82 Å². The Labute approximate surface area is 243 Å². The molecule has 0 saturated heterocycles. The monoisotopic (exact) mass is 580 g/mol. The highest BCUT2D eigenvalue weighted by Crippen LogP contribution is 2.58. The SMILES string of the molecule is CC(C)(O)c1coc(-c2cccc(N(CC34CCC(c5nc(C6CC6)no5)(CC3)CC4)C(=O)C3CCC(F)(F)C3)c2)n1. The van der Waals surface area contributed by atoms with Crippen LogP contribution in [0, 0.1) is 11.3 Å². The number of fused-ring (bicyclic) bond motifs is 3. The van der Waals surface area contributed by atoms with E-state index in [-0.39, 0.29) is 29.6 Å². The smallest absolute Gasteiger partial charge is 0.248 e. The largest absolute Gasteiger partial charge is 0.444 e. The van der Waals surface area contributed by atoms with Crippen molar-refractivity contribution >= 4 is 11.6 Å². The first-order valence-corrected chi connectivity index (χ1v) is 15.3. The zero-order valence-electron chi connectivity index (χ0n) is 24.2. The van der Waals surface area contributed by atoms with E-state index >= 15 is 0 Å². The minimum atomic E-state index is -2.81. The van der Waals surface area contributed by atoms with Crippen LogP contribution in [0.25, 0.3) is 11.5 Å². The van der Waals surface area contributed by atoms with Gasteiger partial charge in [-0.25, -0.2) is 13.8 Å². The van der Waals surface area contributed by atoms with Gasteiger partial charge >= 0.3 is 0 Å². The normalized spacial score (nSPS) is 28.7. The van der Waals surface area contributed by atoms with E-state index in [9.17, 15) is 18.7 Å². The molecule has 5 saturated carbocycles. The number of hydrogen-bond acceptors (Lipinski definition) is 7. The topological polar surface area (TPSA) is 105 Å². The summed E-state index contributed by atoms with van der Waals surface area (Å²) in [6.45, 7) is 3.75. The van der Waals surface area contributed by atoms with Gasteiger partial charge in [-0.2, -0.15) is 4.98 Å². The highest BCUT2D eigenvalue weighted by atomic mass is 19.3. The van der Waals surface area contributed by atoms with Crippen LogP contribution in [0.4, 0.5) is 14.5 Å². The maximum atomic E-state index is 14.2. The second-order valence-electron chi connectivity index (χ2n) is 13.9. The summed E-state index contributed by atoms with van der Waals surface area (Å²) in [5, 5.41) is 14.6. The number of anilines is 1. The van der Waals surface area contributed by atoms with E-state index in [2.05, 4.69) is 10.1 Å². The molecule has 1 amide bonds. The summed E-state index contributed by atoms with van der Waals surface area (Å²) < 4.78 is 39.9. The zero-order valence-corrected chi connectivity index (χ0v) is 24.2. The van der Waals surface area contributed by atoms with E-state index < -0.39 is 23.9 Å². The zero-order chi connectivity index (χ0) is 29.3. The third-order valence-electron chi connectivity index (χ3n) is 10.3. The van der Waals surface area contributed by atoms with E-state index in [4.69, 9.17) is 13.9 Å². The van der Waals surface area contributed by atoms with Gasteiger partial charge in [0, 0.05) is 47.9 Å². The van der Waals surface area contributed by atoms with Gasteiger partial charge in [0.2, 0.25) is 23.6 Å². The van der Waals surface area contributed by atoms with Crippen LogP contribution in [0.1, 0.15) is 108 Å². The Morgan fingerprint density at radius 2 is 1.81 bits per heavy atom. The Morgan fingerprint density at radius 3 is 2.43 bits per heavy atom. The van der Waals surface area contributed by atoms with Gasteiger partial charge in [-0.05, 0) is 95.2 Å². The van der Waals surface area contributed by atoms with E-state index in [0.717, 1.165) is 63.1 Å². The first kappa shape index (κ1) is 27.7. The van der Waals surface area contributed by atoms with Crippen molar-refractivity contribution in [3.05, 3.63) is 47.9 Å². The molecule has 5 aliphatic rings. The second-order valence-corrected chi connectivity index (χ2v) is 13.9. The average Bonchev–Trinajstić information content (AvgIpc) is 3.35. The molecular formula is C32H38F2N4O4. The summed E-state index contributed by atoms with van der Waals surface area (Å²) in [6.07, 6.45) is 8.68. The summed E-state index contributed by atoms with van der Waals surface area (Å²) in [7, 11) is 0. The number of hydrogen-bond donors (Lipinski definition) is 1. The third kappa shape index (κ3) is 5.05. The molecule has 1 aromatic carbocycles. The van der Waals surface area contributed by atoms with Crippen molar-refractivity contribution in [2.75, 3.05) is 11.4 Å². The van der Waals surface area contributed by atoms with E-state index in [1.807, 2.05) is 24.3 Å². The first-order valence-electron chi connectivity index (χ1n) is 15.3. The predicted molar refractivity (Wildman–Crippen MR) is 150 cm³/mol. The van der Waals surface area contributed by atoms with Crippen LogP contribution in [0.2, 0.25) is 0 Å². The van der Waals surface area contributed by atoms with Gasteiger partial charge in [-0.3, -0.25) is 4.79 Å². The molecule has 5 fully saturated rings. The van der Waals surface area contributed by atoms with Crippen LogP contribution in [0.15, 0.2) is 39.5 Å². The van der Waals surface area contributed by atoms with Crippen molar-refractivity contribution in [3.8, 4) is 11.5 Å². The number of nitrogens with zero attached hydrogens (tertiary/aromatic N) is 4. The van der Waals surface area contributed by atoms with E-state index in [1.165, 1.54) is 6.26 Å². The van der Waals surface area contributed by atoms with Gasteiger partial charge in [-0.1, -0.05) is 11.2 Å². The highest BCUT2D eigenvalue weighted by Gasteiger charge is 2.54. The molecule has 1 atom stereocenters. The molecular weight excluding hydrogens is 542 g/mol. The maximum absolute atomic E-state index is 14.2. The van der Waals surface area contributed by atoms with Crippen LogP contribution in [0.3, 0.4) is 0 Å². The Bertz CT molecular complexity index is 1460. The number of oxazole rings is 1. The fraction of sp³-hybridized carbons (Fsp3) is 0.625. The molecule has 8 rings (SSSR count). The molecule has 1 unspecified atom stereocenters. The fourth-order valence-corrected chi connectivity index (χ4v) is 7.29. The number of carbonyl (C=O) groups is 1. The molecule has 2 aromatic heterocycles. The maximum Gasteiger partial charge on any atom is 0.248 e. The standard InChI is InChI=1S/C32H38F2N4O4/c1-29(2,40)24-18-41-26(35-24)21-4-3-5-23(16-21)38(27(39)22-8-9-32(33,34)17-22)19-30-10-13-31(14-11-30,15-12-30)28-36-25(37-42-28)20-6-7-20/h3-5,16,18,20,22,40H,6-15,17,19H2,1-2H3. The minimum Gasteiger partial charge on any atom is -0.444 e. The van der Waals surface area contributed by atoms with Crippen LogP contribution >= 0.6 is 0 Å². The van der Waals surface area contributed by atoms with Crippen molar-refractivity contribution in [1.82, 2.24) is 15.1 Å². The molecule has 1 N–H and O–H groups in total. The molecule has 42 heavy (non-hydrogen) atoms. The van der Waals surface area contributed by atoms with Crippen LogP contribution in [0.5, 0.6) is 0 Å². The lowest BCUT2D eigenvalue weighted by atomic mass is 9.53. The van der Waals surface area contributed by atoms with Gasteiger partial charge in [0.1, 0.15) is 17.6 Å². The molecule has 224 valence electrons. The number of rotatable bonds is 8. The van der Waals surface area contributed by atoms with E-state index in [0.29, 0.717) is 35.3 Å².